The van der Waals surface area contributed by atoms with Crippen LogP contribution < -0.4 is 14.8 Å². The first kappa shape index (κ1) is 20.5. The number of ether oxygens (including phenoxy) is 2. The highest BCUT2D eigenvalue weighted by atomic mass is 16.5. The molecule has 6 nitrogen and oxygen atoms in total. The molecule has 2 aromatic carbocycles. The molecule has 2 aromatic rings. The van der Waals surface area contributed by atoms with Gasteiger partial charge in [-0.1, -0.05) is 43.3 Å². The fraction of sp³-hybridized carbons (Fsp3) is 0.304. The lowest BCUT2D eigenvalue weighted by Crippen LogP contribution is -2.30. The average molecular weight is 394 g/mol. The van der Waals surface area contributed by atoms with Crippen molar-refractivity contribution < 1.29 is 19.1 Å². The molecule has 1 aliphatic heterocycles. The molecule has 152 valence electrons. The number of benzene rings is 2. The number of nitrogens with one attached hydrogen (secondary N) is 1. The highest BCUT2D eigenvalue weighted by molar-refractivity contribution is 6.13. The zero-order valence-electron chi connectivity index (χ0n) is 17.0. The molecule has 0 spiro atoms. The van der Waals surface area contributed by atoms with E-state index in [4.69, 9.17) is 9.47 Å². The minimum atomic E-state index is -0.424. The second-order valence-electron chi connectivity index (χ2n) is 6.84. The molecule has 3 rings (SSSR count). The summed E-state index contributed by atoms with van der Waals surface area (Å²) in [5, 5.41) is 2.66. The summed E-state index contributed by atoms with van der Waals surface area (Å²) in [6.45, 7) is 6.69. The minimum Gasteiger partial charge on any atom is -0.490 e. The summed E-state index contributed by atoms with van der Waals surface area (Å²) in [6.07, 6.45) is 2.61. The molecule has 6 heteroatoms. The summed E-state index contributed by atoms with van der Waals surface area (Å²) in [5.41, 5.74) is 1.88. The molecular weight excluding hydrogens is 368 g/mol. The maximum Gasteiger partial charge on any atom is 0.329 e. The van der Waals surface area contributed by atoms with E-state index < -0.39 is 6.03 Å². The van der Waals surface area contributed by atoms with Gasteiger partial charge < -0.3 is 14.8 Å². The van der Waals surface area contributed by atoms with Crippen LogP contribution in [0.4, 0.5) is 4.79 Å². The second-order valence-corrected chi connectivity index (χ2v) is 6.84. The third-order valence-electron chi connectivity index (χ3n) is 4.63. The van der Waals surface area contributed by atoms with Crippen LogP contribution in [0.15, 0.2) is 54.2 Å². The summed E-state index contributed by atoms with van der Waals surface area (Å²) >= 11 is 0. The van der Waals surface area contributed by atoms with Crippen molar-refractivity contribution in [1.82, 2.24) is 10.2 Å². The van der Waals surface area contributed by atoms with Crippen molar-refractivity contribution in [2.45, 2.75) is 39.8 Å². The Balaban J connectivity index is 1.81. The predicted molar refractivity (Wildman–Crippen MR) is 111 cm³/mol. The maximum absolute atomic E-state index is 12.7. The fourth-order valence-electron chi connectivity index (χ4n) is 2.93. The van der Waals surface area contributed by atoms with Gasteiger partial charge in [-0.2, -0.15) is 0 Å². The van der Waals surface area contributed by atoms with E-state index in [0.29, 0.717) is 18.1 Å². The van der Waals surface area contributed by atoms with Gasteiger partial charge in [0, 0.05) is 0 Å². The number of imide groups is 1. The van der Waals surface area contributed by atoms with Crippen LogP contribution >= 0.6 is 0 Å². The highest BCUT2D eigenvalue weighted by Crippen LogP contribution is 2.31. The summed E-state index contributed by atoms with van der Waals surface area (Å²) < 4.78 is 11.6. The Labute approximate surface area is 171 Å². The Hall–Kier alpha value is -3.28. The Morgan fingerprint density at radius 2 is 1.83 bits per heavy atom. The van der Waals surface area contributed by atoms with Gasteiger partial charge >= 0.3 is 6.03 Å². The third kappa shape index (κ3) is 4.96. The van der Waals surface area contributed by atoms with Crippen molar-refractivity contribution in [3.05, 3.63) is 65.4 Å². The number of rotatable bonds is 8. The van der Waals surface area contributed by atoms with Crippen molar-refractivity contribution in [3.8, 4) is 11.5 Å². The number of hydrogen-bond acceptors (Lipinski definition) is 4. The zero-order valence-corrected chi connectivity index (χ0v) is 17.0. The Kier molecular flexibility index (Phi) is 6.54. The normalized spacial score (nSPS) is 16.1. The van der Waals surface area contributed by atoms with Gasteiger partial charge in [-0.25, -0.2) is 4.79 Å². The number of nitrogens with zero attached hydrogens (tertiary/aromatic N) is 1. The summed E-state index contributed by atoms with van der Waals surface area (Å²) in [4.78, 5) is 26.2. The lowest BCUT2D eigenvalue weighted by molar-refractivity contribution is -0.123. The number of carbonyl (C=O) groups excluding carboxylic acids is 2. The van der Waals surface area contributed by atoms with E-state index in [9.17, 15) is 9.59 Å². The fourth-order valence-corrected chi connectivity index (χ4v) is 2.93. The molecule has 1 fully saturated rings. The standard InChI is InChI=1S/C23H26N2O4/c1-4-16(3)29-20-12-11-18(14-21(20)28-5-2)13-19-22(26)25(23(27)24-19)15-17-9-7-6-8-10-17/h6-14,16H,4-5,15H2,1-3H3,(H,24,27)/b19-13+/t16-/m0/s1. The summed E-state index contributed by atoms with van der Waals surface area (Å²) in [5.74, 6) is 0.924. The molecule has 0 bridgehead atoms. The van der Waals surface area contributed by atoms with E-state index in [0.717, 1.165) is 17.5 Å². The topological polar surface area (TPSA) is 67.9 Å². The molecule has 3 amide bonds. The SMILES string of the molecule is CCOc1cc(/C=C2/NC(=O)N(Cc3ccccc3)C2=O)ccc1O[C@@H](C)CC. The van der Waals surface area contributed by atoms with Crippen LogP contribution in [0.3, 0.4) is 0 Å². The van der Waals surface area contributed by atoms with Crippen LogP contribution in [0.2, 0.25) is 0 Å². The van der Waals surface area contributed by atoms with Gasteiger partial charge in [0.15, 0.2) is 11.5 Å². The van der Waals surface area contributed by atoms with Gasteiger partial charge in [-0.3, -0.25) is 9.69 Å². The molecule has 1 heterocycles. The van der Waals surface area contributed by atoms with Crippen LogP contribution in [-0.4, -0.2) is 29.5 Å². The monoisotopic (exact) mass is 394 g/mol. The van der Waals surface area contributed by atoms with Crippen molar-refractivity contribution in [3.63, 3.8) is 0 Å². The average Bonchev–Trinajstić information content (AvgIpc) is 2.98. The molecule has 0 saturated carbocycles. The molecule has 1 atom stereocenters. The molecule has 1 N–H and O–H groups in total. The smallest absolute Gasteiger partial charge is 0.329 e. The first-order chi connectivity index (χ1) is 14.0. The van der Waals surface area contributed by atoms with Crippen LogP contribution in [0.25, 0.3) is 6.08 Å². The molecule has 0 aromatic heterocycles. The Morgan fingerprint density at radius 1 is 1.07 bits per heavy atom. The van der Waals surface area contributed by atoms with Gasteiger partial charge in [-0.05, 0) is 49.6 Å². The molecule has 1 aliphatic rings. The van der Waals surface area contributed by atoms with E-state index in [2.05, 4.69) is 12.2 Å². The van der Waals surface area contributed by atoms with E-state index in [1.807, 2.05) is 62.4 Å². The van der Waals surface area contributed by atoms with E-state index in [1.54, 1.807) is 6.08 Å². The molecule has 1 saturated heterocycles. The number of hydrogen-bond donors (Lipinski definition) is 1. The number of amides is 3. The van der Waals surface area contributed by atoms with Crippen molar-refractivity contribution in [1.29, 1.82) is 0 Å². The number of carbonyl (C=O) groups is 2. The van der Waals surface area contributed by atoms with Crippen LogP contribution in [0.5, 0.6) is 11.5 Å². The van der Waals surface area contributed by atoms with Crippen LogP contribution in [-0.2, 0) is 11.3 Å². The van der Waals surface area contributed by atoms with E-state index in [-0.39, 0.29) is 24.3 Å². The molecular formula is C23H26N2O4. The molecule has 0 unspecified atom stereocenters. The van der Waals surface area contributed by atoms with Gasteiger partial charge in [0.1, 0.15) is 5.70 Å². The lowest BCUT2D eigenvalue weighted by atomic mass is 10.1. The summed E-state index contributed by atoms with van der Waals surface area (Å²) in [7, 11) is 0. The molecule has 0 radical (unpaired) electrons. The second kappa shape index (κ2) is 9.28. The largest absolute Gasteiger partial charge is 0.490 e. The Bertz CT molecular complexity index is 908. The van der Waals surface area contributed by atoms with Crippen LogP contribution in [0.1, 0.15) is 38.3 Å². The lowest BCUT2D eigenvalue weighted by Gasteiger charge is -2.16. The van der Waals surface area contributed by atoms with E-state index >= 15 is 0 Å². The predicted octanol–water partition coefficient (Wildman–Crippen LogP) is 4.36. The molecule has 0 aliphatic carbocycles. The van der Waals surface area contributed by atoms with Crippen molar-refractivity contribution in [2.75, 3.05) is 6.61 Å². The van der Waals surface area contributed by atoms with Crippen LogP contribution in [0, 0.1) is 0 Å². The first-order valence-corrected chi connectivity index (χ1v) is 9.83. The zero-order chi connectivity index (χ0) is 20.8. The Morgan fingerprint density at radius 3 is 2.52 bits per heavy atom. The molecule has 29 heavy (non-hydrogen) atoms. The van der Waals surface area contributed by atoms with Gasteiger partial charge in [-0.15, -0.1) is 0 Å². The third-order valence-corrected chi connectivity index (χ3v) is 4.63. The van der Waals surface area contributed by atoms with Crippen molar-refractivity contribution >= 4 is 18.0 Å². The minimum absolute atomic E-state index is 0.0700. The van der Waals surface area contributed by atoms with Gasteiger partial charge in [0.2, 0.25) is 0 Å². The van der Waals surface area contributed by atoms with Gasteiger partial charge in [0.05, 0.1) is 19.3 Å². The van der Waals surface area contributed by atoms with Crippen molar-refractivity contribution in [2.24, 2.45) is 0 Å². The number of urea groups is 1. The maximum atomic E-state index is 12.7. The summed E-state index contributed by atoms with van der Waals surface area (Å²) in [6, 6.07) is 14.5. The quantitative estimate of drug-likeness (QED) is 0.534. The first-order valence-electron chi connectivity index (χ1n) is 9.83. The van der Waals surface area contributed by atoms with E-state index in [1.165, 1.54) is 4.90 Å². The highest BCUT2D eigenvalue weighted by Gasteiger charge is 2.33. The van der Waals surface area contributed by atoms with Gasteiger partial charge in [0.25, 0.3) is 5.91 Å².